The zero-order valence-corrected chi connectivity index (χ0v) is 16.3. The summed E-state index contributed by atoms with van der Waals surface area (Å²) < 4.78 is 3.09. The van der Waals surface area contributed by atoms with Crippen molar-refractivity contribution in [3.8, 4) is 0 Å². The van der Waals surface area contributed by atoms with E-state index in [1.807, 2.05) is 29.7 Å². The van der Waals surface area contributed by atoms with E-state index in [2.05, 4.69) is 58.6 Å². The molecule has 0 spiro atoms. The van der Waals surface area contributed by atoms with Crippen LogP contribution in [-0.2, 0) is 6.54 Å². The molecular formula is C14H25BrN4S2. The third-order valence-corrected chi connectivity index (χ3v) is 8.01. The van der Waals surface area contributed by atoms with Gasteiger partial charge in [-0.15, -0.1) is 0 Å². The second kappa shape index (κ2) is 7.73. The Hall–Kier alpha value is 0.310. The largest absolute Gasteiger partial charge is 0.322 e. The standard InChI is InChI=1S/C14H25BrN4S2/c1-9-10(2)21-12(8-20-9)13(16)14-11(15)7-17-19(14)6-5-18(3)4/h7,9-10,12-13H,5-6,8,16H2,1-4H3. The monoisotopic (exact) mass is 392 g/mol. The maximum Gasteiger partial charge on any atom is 0.0705 e. The van der Waals surface area contributed by atoms with Gasteiger partial charge in [-0.25, -0.2) is 0 Å². The van der Waals surface area contributed by atoms with E-state index < -0.39 is 0 Å². The molecule has 1 aromatic rings. The highest BCUT2D eigenvalue weighted by atomic mass is 79.9. The highest BCUT2D eigenvalue weighted by molar-refractivity contribution is 9.10. The van der Waals surface area contributed by atoms with Crippen molar-refractivity contribution in [1.29, 1.82) is 0 Å². The second-order valence-corrected chi connectivity index (χ2v) is 9.73. The average Bonchev–Trinajstić information content (AvgIpc) is 2.80. The van der Waals surface area contributed by atoms with Gasteiger partial charge in [0, 0.05) is 28.0 Å². The Kier molecular flexibility index (Phi) is 6.50. The number of hydrogen-bond donors (Lipinski definition) is 1. The second-order valence-electron chi connectivity index (χ2n) is 5.85. The minimum Gasteiger partial charge on any atom is -0.322 e. The Morgan fingerprint density at radius 3 is 2.81 bits per heavy atom. The van der Waals surface area contributed by atoms with Gasteiger partial charge in [0.25, 0.3) is 0 Å². The van der Waals surface area contributed by atoms with E-state index in [9.17, 15) is 0 Å². The van der Waals surface area contributed by atoms with E-state index in [0.29, 0.717) is 15.7 Å². The molecule has 0 bridgehead atoms. The van der Waals surface area contributed by atoms with E-state index in [4.69, 9.17) is 5.73 Å². The van der Waals surface area contributed by atoms with Crippen LogP contribution in [0.3, 0.4) is 0 Å². The van der Waals surface area contributed by atoms with Crippen molar-refractivity contribution in [1.82, 2.24) is 14.7 Å². The first-order valence-electron chi connectivity index (χ1n) is 7.28. The Bertz CT molecular complexity index is 466. The highest BCUT2D eigenvalue weighted by Gasteiger charge is 2.32. The van der Waals surface area contributed by atoms with E-state index in [1.165, 1.54) is 0 Å². The number of rotatable bonds is 5. The van der Waals surface area contributed by atoms with Gasteiger partial charge in [-0.05, 0) is 30.0 Å². The summed E-state index contributed by atoms with van der Waals surface area (Å²) in [4.78, 5) is 2.17. The molecule has 0 radical (unpaired) electrons. The van der Waals surface area contributed by atoms with Crippen molar-refractivity contribution < 1.29 is 0 Å². The zero-order valence-electron chi connectivity index (χ0n) is 13.1. The first kappa shape index (κ1) is 17.7. The summed E-state index contributed by atoms with van der Waals surface area (Å²) in [6, 6.07) is 0.0245. The van der Waals surface area contributed by atoms with Gasteiger partial charge >= 0.3 is 0 Å². The van der Waals surface area contributed by atoms with E-state index in [0.717, 1.165) is 29.0 Å². The number of nitrogens with two attached hydrogens (primary N) is 1. The van der Waals surface area contributed by atoms with Crippen LogP contribution in [0.5, 0.6) is 0 Å². The van der Waals surface area contributed by atoms with Crippen LogP contribution in [0.15, 0.2) is 10.7 Å². The third-order valence-electron chi connectivity index (χ3n) is 3.88. The predicted octanol–water partition coefficient (Wildman–Crippen LogP) is 2.83. The van der Waals surface area contributed by atoms with Crippen LogP contribution in [0.25, 0.3) is 0 Å². The summed E-state index contributed by atoms with van der Waals surface area (Å²) in [5, 5.41) is 6.29. The van der Waals surface area contributed by atoms with Gasteiger partial charge in [-0.3, -0.25) is 4.68 Å². The smallest absolute Gasteiger partial charge is 0.0705 e. The van der Waals surface area contributed by atoms with Crippen molar-refractivity contribution >= 4 is 39.5 Å². The van der Waals surface area contributed by atoms with Gasteiger partial charge in [0.1, 0.15) is 0 Å². The van der Waals surface area contributed by atoms with Crippen LogP contribution in [0.1, 0.15) is 25.6 Å². The van der Waals surface area contributed by atoms with Crippen molar-refractivity contribution in [3.05, 3.63) is 16.4 Å². The van der Waals surface area contributed by atoms with E-state index >= 15 is 0 Å². The predicted molar refractivity (Wildman–Crippen MR) is 98.2 cm³/mol. The summed E-state index contributed by atoms with van der Waals surface area (Å²) >= 11 is 7.69. The molecule has 1 fully saturated rings. The van der Waals surface area contributed by atoms with Gasteiger partial charge in [0.05, 0.1) is 29.0 Å². The first-order chi connectivity index (χ1) is 9.90. The Balaban J connectivity index is 2.11. The molecule has 4 nitrogen and oxygen atoms in total. The zero-order chi connectivity index (χ0) is 15.6. The van der Waals surface area contributed by atoms with Gasteiger partial charge in [0.2, 0.25) is 0 Å². The fourth-order valence-electron chi connectivity index (χ4n) is 2.35. The average molecular weight is 393 g/mol. The molecule has 120 valence electrons. The highest BCUT2D eigenvalue weighted by Crippen LogP contribution is 2.41. The molecule has 1 aliphatic heterocycles. The summed E-state index contributed by atoms with van der Waals surface area (Å²) in [6.07, 6.45) is 1.87. The molecule has 0 saturated carbocycles. The van der Waals surface area contributed by atoms with Crippen LogP contribution in [0.2, 0.25) is 0 Å². The maximum atomic E-state index is 6.59. The molecule has 21 heavy (non-hydrogen) atoms. The number of nitrogens with zero attached hydrogens (tertiary/aromatic N) is 3. The van der Waals surface area contributed by atoms with Crippen molar-refractivity contribution in [3.63, 3.8) is 0 Å². The summed E-state index contributed by atoms with van der Waals surface area (Å²) in [7, 11) is 4.16. The van der Waals surface area contributed by atoms with Crippen LogP contribution in [0.4, 0.5) is 0 Å². The van der Waals surface area contributed by atoms with E-state index in [1.54, 1.807) is 0 Å². The fourth-order valence-corrected chi connectivity index (χ4v) is 5.93. The molecule has 7 heteroatoms. The summed E-state index contributed by atoms with van der Waals surface area (Å²) in [6.45, 7) is 6.45. The molecule has 0 aliphatic carbocycles. The van der Waals surface area contributed by atoms with Crippen LogP contribution < -0.4 is 5.73 Å². The number of aromatic nitrogens is 2. The topological polar surface area (TPSA) is 47.1 Å². The number of halogens is 1. The molecule has 0 amide bonds. The normalized spacial score (nSPS) is 28.0. The third kappa shape index (κ3) is 4.41. The number of thioether (sulfide) groups is 2. The molecule has 4 unspecified atom stereocenters. The lowest BCUT2D eigenvalue weighted by atomic mass is 10.1. The SMILES string of the molecule is CC1SCC(C(N)c2c(Br)cnn2CCN(C)C)SC1C. The van der Waals surface area contributed by atoms with Gasteiger partial charge < -0.3 is 10.6 Å². The van der Waals surface area contributed by atoms with Crippen LogP contribution >= 0.6 is 39.5 Å². The quantitative estimate of drug-likeness (QED) is 0.834. The molecule has 1 aliphatic rings. The summed E-state index contributed by atoms with van der Waals surface area (Å²) in [5.74, 6) is 1.11. The lowest BCUT2D eigenvalue weighted by Gasteiger charge is -2.34. The fraction of sp³-hybridized carbons (Fsp3) is 0.786. The van der Waals surface area contributed by atoms with Crippen molar-refractivity contribution in [2.75, 3.05) is 26.4 Å². The molecule has 2 rings (SSSR count). The first-order valence-corrected chi connectivity index (χ1v) is 10.1. The van der Waals surface area contributed by atoms with Crippen LogP contribution in [-0.4, -0.2) is 56.8 Å². The Morgan fingerprint density at radius 2 is 2.19 bits per heavy atom. The minimum absolute atomic E-state index is 0.0245. The van der Waals surface area contributed by atoms with Crippen molar-refractivity contribution in [2.45, 2.75) is 42.2 Å². The number of likely N-dealkylation sites (N-methyl/N-ethyl adjacent to an activating group) is 1. The molecular weight excluding hydrogens is 368 g/mol. The van der Waals surface area contributed by atoms with Gasteiger partial charge in [0.15, 0.2) is 0 Å². The molecule has 1 aromatic heterocycles. The van der Waals surface area contributed by atoms with Crippen molar-refractivity contribution in [2.24, 2.45) is 5.73 Å². The lowest BCUT2D eigenvalue weighted by molar-refractivity contribution is 0.366. The van der Waals surface area contributed by atoms with Gasteiger partial charge in [-0.1, -0.05) is 13.8 Å². The lowest BCUT2D eigenvalue weighted by Crippen LogP contribution is -2.35. The van der Waals surface area contributed by atoms with E-state index in [-0.39, 0.29) is 6.04 Å². The maximum absolute atomic E-state index is 6.59. The molecule has 4 atom stereocenters. The minimum atomic E-state index is 0.0245. The molecule has 0 aromatic carbocycles. The Labute approximate surface area is 144 Å². The summed E-state index contributed by atoms with van der Waals surface area (Å²) in [5.41, 5.74) is 7.73. The van der Waals surface area contributed by atoms with Crippen LogP contribution in [0, 0.1) is 0 Å². The molecule has 2 heterocycles. The molecule has 2 N–H and O–H groups in total. The molecule has 1 saturated heterocycles. The number of hydrogen-bond acceptors (Lipinski definition) is 5. The van der Waals surface area contributed by atoms with Gasteiger partial charge in [-0.2, -0.15) is 28.6 Å². The Morgan fingerprint density at radius 1 is 1.48 bits per heavy atom.